The van der Waals surface area contributed by atoms with Crippen molar-refractivity contribution in [3.05, 3.63) is 76.6 Å². The van der Waals surface area contributed by atoms with E-state index in [2.05, 4.69) is 41.3 Å². The summed E-state index contributed by atoms with van der Waals surface area (Å²) >= 11 is 7.30. The lowest BCUT2D eigenvalue weighted by molar-refractivity contribution is 0.102. The van der Waals surface area contributed by atoms with Crippen LogP contribution in [0.4, 0.5) is 5.82 Å². The maximum absolute atomic E-state index is 12.6. The fourth-order valence-corrected chi connectivity index (χ4v) is 3.36. The molecule has 25 heavy (non-hydrogen) atoms. The molecule has 0 saturated carbocycles. The molecule has 0 radical (unpaired) electrons. The number of halogens is 1. The highest BCUT2D eigenvalue weighted by Gasteiger charge is 2.15. The van der Waals surface area contributed by atoms with Crippen molar-refractivity contribution in [3.8, 4) is 0 Å². The number of hydrogen-bond acceptors (Lipinski definition) is 4. The number of pyridine rings is 2. The van der Waals surface area contributed by atoms with Gasteiger partial charge in [-0.05, 0) is 49.7 Å². The van der Waals surface area contributed by atoms with Crippen molar-refractivity contribution in [1.29, 1.82) is 0 Å². The Bertz CT molecular complexity index is 913. The molecule has 6 heteroatoms. The van der Waals surface area contributed by atoms with Crippen molar-refractivity contribution in [2.24, 2.45) is 0 Å². The van der Waals surface area contributed by atoms with Gasteiger partial charge in [0, 0.05) is 17.3 Å². The predicted molar refractivity (Wildman–Crippen MR) is 101 cm³/mol. The zero-order valence-corrected chi connectivity index (χ0v) is 15.4. The molecule has 0 fully saturated rings. The molecule has 4 nitrogen and oxygen atoms in total. The third kappa shape index (κ3) is 4.38. The Hall–Kier alpha value is -2.37. The van der Waals surface area contributed by atoms with Gasteiger partial charge in [-0.2, -0.15) is 0 Å². The molecule has 0 unspecified atom stereocenters. The lowest BCUT2D eigenvalue weighted by Gasteiger charge is -2.10. The van der Waals surface area contributed by atoms with Gasteiger partial charge in [-0.25, -0.2) is 9.97 Å². The second-order valence-electron chi connectivity index (χ2n) is 5.54. The van der Waals surface area contributed by atoms with E-state index < -0.39 is 0 Å². The molecule has 0 atom stereocenters. The van der Waals surface area contributed by atoms with Crippen LogP contribution in [-0.2, 0) is 0 Å². The highest BCUT2D eigenvalue weighted by molar-refractivity contribution is 7.99. The first-order chi connectivity index (χ1) is 12.0. The third-order valence-electron chi connectivity index (χ3n) is 3.52. The smallest absolute Gasteiger partial charge is 0.259 e. The number of carbonyl (C=O) groups excluding carboxylic acids is 1. The predicted octanol–water partition coefficient (Wildman–Crippen LogP) is 5.15. The Labute approximate surface area is 155 Å². The maximum Gasteiger partial charge on any atom is 0.259 e. The van der Waals surface area contributed by atoms with E-state index >= 15 is 0 Å². The number of aromatic nitrogens is 2. The maximum atomic E-state index is 12.6. The Morgan fingerprint density at radius 1 is 1.12 bits per heavy atom. The van der Waals surface area contributed by atoms with Crippen LogP contribution in [0.5, 0.6) is 0 Å². The third-order valence-corrected chi connectivity index (χ3v) is 4.94. The first-order valence-corrected chi connectivity index (χ1v) is 8.85. The Balaban J connectivity index is 1.85. The fraction of sp³-hybridized carbons (Fsp3) is 0.105. The summed E-state index contributed by atoms with van der Waals surface area (Å²) in [5, 5.41) is 3.95. The molecule has 0 bridgehead atoms. The van der Waals surface area contributed by atoms with Crippen molar-refractivity contribution in [3.63, 3.8) is 0 Å². The molecule has 0 aliphatic heterocycles. The van der Waals surface area contributed by atoms with Crippen molar-refractivity contribution in [1.82, 2.24) is 9.97 Å². The summed E-state index contributed by atoms with van der Waals surface area (Å²) in [7, 11) is 0. The van der Waals surface area contributed by atoms with E-state index in [1.807, 2.05) is 6.07 Å². The molecular formula is C19H16ClN3OS. The molecule has 3 aromatic rings. The first kappa shape index (κ1) is 17.5. The first-order valence-electron chi connectivity index (χ1n) is 7.66. The molecule has 0 aliphatic rings. The van der Waals surface area contributed by atoms with Gasteiger partial charge in [-0.15, -0.1) is 0 Å². The van der Waals surface area contributed by atoms with Gasteiger partial charge in [-0.3, -0.25) is 4.79 Å². The van der Waals surface area contributed by atoms with E-state index in [1.54, 1.807) is 30.5 Å². The monoisotopic (exact) mass is 369 g/mol. The minimum Gasteiger partial charge on any atom is -0.306 e. The molecule has 126 valence electrons. The van der Waals surface area contributed by atoms with E-state index in [0.29, 0.717) is 21.4 Å². The summed E-state index contributed by atoms with van der Waals surface area (Å²) < 4.78 is 0. The number of rotatable bonds is 4. The summed E-state index contributed by atoms with van der Waals surface area (Å²) in [5.74, 6) is 0.191. The van der Waals surface area contributed by atoms with Gasteiger partial charge < -0.3 is 5.32 Å². The number of anilines is 1. The highest BCUT2D eigenvalue weighted by atomic mass is 35.5. The molecule has 3 rings (SSSR count). The SMILES string of the molecule is Cc1ccc(Sc2ncccc2C(=O)Nc2ccc(Cl)cn2)c(C)c1. The Kier molecular flexibility index (Phi) is 5.36. The number of nitrogens with zero attached hydrogens (tertiary/aromatic N) is 2. The summed E-state index contributed by atoms with van der Waals surface area (Å²) in [6.07, 6.45) is 3.18. The van der Waals surface area contributed by atoms with Crippen LogP contribution in [0.3, 0.4) is 0 Å². The number of hydrogen-bond donors (Lipinski definition) is 1. The molecule has 1 amide bonds. The molecule has 2 aromatic heterocycles. The molecule has 1 N–H and O–H groups in total. The molecule has 0 aliphatic carbocycles. The van der Waals surface area contributed by atoms with Crippen LogP contribution in [0.25, 0.3) is 0 Å². The van der Waals surface area contributed by atoms with Gasteiger partial charge in [0.05, 0.1) is 10.6 Å². The van der Waals surface area contributed by atoms with Crippen molar-refractivity contribution >= 4 is 35.1 Å². The number of benzene rings is 1. The van der Waals surface area contributed by atoms with Crippen LogP contribution < -0.4 is 5.32 Å². The van der Waals surface area contributed by atoms with Crippen LogP contribution >= 0.6 is 23.4 Å². The molecule has 1 aromatic carbocycles. The van der Waals surface area contributed by atoms with Crippen LogP contribution in [0.15, 0.2) is 64.8 Å². The molecule has 2 heterocycles. The average Bonchev–Trinajstić information content (AvgIpc) is 2.60. The second-order valence-corrected chi connectivity index (χ2v) is 7.01. The van der Waals surface area contributed by atoms with Gasteiger partial charge in [0.1, 0.15) is 10.8 Å². The van der Waals surface area contributed by atoms with Gasteiger partial charge in [0.25, 0.3) is 5.91 Å². The molecule has 0 saturated heterocycles. The van der Waals surface area contributed by atoms with Crippen molar-refractivity contribution in [2.45, 2.75) is 23.8 Å². The van der Waals surface area contributed by atoms with Gasteiger partial charge in [0.15, 0.2) is 0 Å². The number of carbonyl (C=O) groups is 1. The minimum absolute atomic E-state index is 0.254. The minimum atomic E-state index is -0.254. The summed E-state index contributed by atoms with van der Waals surface area (Å²) in [6.45, 7) is 4.11. The number of aryl methyl sites for hydroxylation is 2. The topological polar surface area (TPSA) is 54.9 Å². The average molecular weight is 370 g/mol. The van der Waals surface area contributed by atoms with Crippen LogP contribution in [0, 0.1) is 13.8 Å². The van der Waals surface area contributed by atoms with Crippen molar-refractivity contribution in [2.75, 3.05) is 5.32 Å². The van der Waals surface area contributed by atoms with E-state index in [4.69, 9.17) is 11.6 Å². The molecule has 0 spiro atoms. The van der Waals surface area contributed by atoms with E-state index in [-0.39, 0.29) is 5.91 Å². The zero-order chi connectivity index (χ0) is 17.8. The lowest BCUT2D eigenvalue weighted by atomic mass is 10.2. The van der Waals surface area contributed by atoms with E-state index in [0.717, 1.165) is 10.5 Å². The van der Waals surface area contributed by atoms with Gasteiger partial charge in [-0.1, -0.05) is 41.1 Å². The fourth-order valence-electron chi connectivity index (χ4n) is 2.30. The van der Waals surface area contributed by atoms with Crippen LogP contribution in [0.2, 0.25) is 5.02 Å². The Morgan fingerprint density at radius 3 is 2.68 bits per heavy atom. The second kappa shape index (κ2) is 7.68. The highest BCUT2D eigenvalue weighted by Crippen LogP contribution is 2.31. The molecular weight excluding hydrogens is 354 g/mol. The largest absolute Gasteiger partial charge is 0.306 e. The van der Waals surface area contributed by atoms with E-state index in [1.165, 1.54) is 23.5 Å². The van der Waals surface area contributed by atoms with E-state index in [9.17, 15) is 4.79 Å². The van der Waals surface area contributed by atoms with Gasteiger partial charge >= 0.3 is 0 Å². The number of amides is 1. The zero-order valence-electron chi connectivity index (χ0n) is 13.8. The summed E-state index contributed by atoms with van der Waals surface area (Å²) in [5.41, 5.74) is 2.86. The lowest BCUT2D eigenvalue weighted by Crippen LogP contribution is -2.14. The van der Waals surface area contributed by atoms with Crippen LogP contribution in [0.1, 0.15) is 21.5 Å². The quantitative estimate of drug-likeness (QED) is 0.690. The standard InChI is InChI=1S/C19H16ClN3OS/c1-12-5-7-16(13(2)10-12)25-19-15(4-3-9-21-19)18(24)23-17-8-6-14(20)11-22-17/h3-11H,1-2H3,(H,22,23,24). The Morgan fingerprint density at radius 2 is 1.96 bits per heavy atom. The summed E-state index contributed by atoms with van der Waals surface area (Å²) in [6, 6.07) is 13.1. The van der Waals surface area contributed by atoms with Crippen LogP contribution in [-0.4, -0.2) is 15.9 Å². The van der Waals surface area contributed by atoms with Crippen molar-refractivity contribution < 1.29 is 4.79 Å². The normalized spacial score (nSPS) is 10.5. The summed E-state index contributed by atoms with van der Waals surface area (Å²) in [4.78, 5) is 22.1. The van der Waals surface area contributed by atoms with Gasteiger partial charge in [0.2, 0.25) is 0 Å². The number of nitrogens with one attached hydrogen (secondary N) is 1.